The van der Waals surface area contributed by atoms with Gasteiger partial charge in [-0.3, -0.25) is 4.79 Å². The third kappa shape index (κ3) is 3.04. The molecule has 0 spiro atoms. The van der Waals surface area contributed by atoms with Gasteiger partial charge in [0.05, 0.1) is 5.41 Å². The van der Waals surface area contributed by atoms with Crippen LogP contribution >= 0.6 is 0 Å². The number of amides is 1. The second-order valence-corrected chi connectivity index (χ2v) is 6.12. The third-order valence-corrected chi connectivity index (χ3v) is 4.70. The molecule has 4 heteroatoms. The molecule has 2 N–H and O–H groups in total. The molecule has 0 aromatic carbocycles. The molecule has 0 aromatic heterocycles. The van der Waals surface area contributed by atoms with Crippen LogP contribution in [-0.2, 0) is 4.79 Å². The Labute approximate surface area is 110 Å². The number of nitrogens with one attached hydrogen (secondary N) is 2. The van der Waals surface area contributed by atoms with Gasteiger partial charge in [-0.05, 0) is 58.8 Å². The lowest BCUT2D eigenvalue weighted by Gasteiger charge is -2.40. The molecule has 0 atom stereocenters. The van der Waals surface area contributed by atoms with Crippen LogP contribution in [0, 0.1) is 11.3 Å². The van der Waals surface area contributed by atoms with Crippen LogP contribution in [0.25, 0.3) is 0 Å². The number of carbonyl (C=O) groups excluding carboxylic acids is 1. The fourth-order valence-electron chi connectivity index (χ4n) is 3.12. The van der Waals surface area contributed by atoms with Crippen molar-refractivity contribution >= 4 is 5.91 Å². The molecule has 0 aromatic rings. The van der Waals surface area contributed by atoms with E-state index in [0.717, 1.165) is 25.9 Å². The molecule has 4 nitrogen and oxygen atoms in total. The normalized spacial score (nSPS) is 24.6. The van der Waals surface area contributed by atoms with Gasteiger partial charge in [0, 0.05) is 13.1 Å². The number of piperidine rings is 1. The summed E-state index contributed by atoms with van der Waals surface area (Å²) < 4.78 is 0. The first kappa shape index (κ1) is 13.8. The van der Waals surface area contributed by atoms with E-state index in [1.807, 2.05) is 7.05 Å². The highest BCUT2D eigenvalue weighted by Gasteiger charge is 2.43. The SMILES string of the molecule is CNCC1(C(=O)NCC2CCN(C)CC2)CCC1. The Hall–Kier alpha value is -0.610. The molecule has 1 amide bonds. The molecule has 104 valence electrons. The van der Waals surface area contributed by atoms with E-state index in [9.17, 15) is 4.79 Å². The fraction of sp³-hybridized carbons (Fsp3) is 0.929. The number of rotatable bonds is 5. The quantitative estimate of drug-likeness (QED) is 0.763. The van der Waals surface area contributed by atoms with E-state index in [-0.39, 0.29) is 11.3 Å². The smallest absolute Gasteiger partial charge is 0.227 e. The number of hydrogen-bond donors (Lipinski definition) is 2. The van der Waals surface area contributed by atoms with Crippen molar-refractivity contribution < 1.29 is 4.79 Å². The van der Waals surface area contributed by atoms with Crippen molar-refractivity contribution in [2.75, 3.05) is 40.3 Å². The lowest BCUT2D eigenvalue weighted by Crippen LogP contribution is -2.52. The van der Waals surface area contributed by atoms with Crippen LogP contribution in [0.4, 0.5) is 0 Å². The summed E-state index contributed by atoms with van der Waals surface area (Å²) in [7, 11) is 4.11. The van der Waals surface area contributed by atoms with E-state index in [2.05, 4.69) is 22.6 Å². The highest BCUT2D eigenvalue weighted by molar-refractivity contribution is 5.83. The Kier molecular flexibility index (Phi) is 4.62. The molecule has 1 heterocycles. The summed E-state index contributed by atoms with van der Waals surface area (Å²) in [6, 6.07) is 0. The van der Waals surface area contributed by atoms with E-state index in [4.69, 9.17) is 0 Å². The number of likely N-dealkylation sites (tertiary alicyclic amines) is 1. The first-order valence-electron chi connectivity index (χ1n) is 7.28. The van der Waals surface area contributed by atoms with Crippen LogP contribution in [0.1, 0.15) is 32.1 Å². The van der Waals surface area contributed by atoms with Crippen LogP contribution in [-0.4, -0.2) is 51.1 Å². The second kappa shape index (κ2) is 6.02. The molecule has 1 aliphatic heterocycles. The average molecular weight is 253 g/mol. The highest BCUT2D eigenvalue weighted by atomic mass is 16.2. The van der Waals surface area contributed by atoms with Crippen molar-refractivity contribution in [2.45, 2.75) is 32.1 Å². The molecule has 1 saturated heterocycles. The van der Waals surface area contributed by atoms with Gasteiger partial charge in [0.1, 0.15) is 0 Å². The minimum atomic E-state index is -0.0970. The number of nitrogens with zero attached hydrogens (tertiary/aromatic N) is 1. The van der Waals surface area contributed by atoms with E-state index in [0.29, 0.717) is 5.92 Å². The Morgan fingerprint density at radius 3 is 2.50 bits per heavy atom. The van der Waals surface area contributed by atoms with Crippen molar-refractivity contribution in [3.8, 4) is 0 Å². The maximum atomic E-state index is 12.3. The number of carbonyl (C=O) groups is 1. The van der Waals surface area contributed by atoms with Gasteiger partial charge in [-0.25, -0.2) is 0 Å². The summed E-state index contributed by atoms with van der Waals surface area (Å²) >= 11 is 0. The molecule has 0 bridgehead atoms. The predicted octanol–water partition coefficient (Wildman–Crippen LogP) is 0.834. The molecule has 0 unspecified atom stereocenters. The van der Waals surface area contributed by atoms with Crippen molar-refractivity contribution in [2.24, 2.45) is 11.3 Å². The average Bonchev–Trinajstić information content (AvgIpc) is 2.32. The van der Waals surface area contributed by atoms with Gasteiger partial charge < -0.3 is 15.5 Å². The molecule has 0 radical (unpaired) electrons. The zero-order chi connectivity index (χ0) is 13.0. The van der Waals surface area contributed by atoms with E-state index in [1.165, 1.54) is 32.4 Å². The standard InChI is InChI=1S/C14H27N3O/c1-15-11-14(6-3-7-14)13(18)16-10-12-4-8-17(2)9-5-12/h12,15H,3-11H2,1-2H3,(H,16,18). The van der Waals surface area contributed by atoms with Gasteiger partial charge >= 0.3 is 0 Å². The molecule has 2 rings (SSSR count). The van der Waals surface area contributed by atoms with Crippen molar-refractivity contribution in [1.29, 1.82) is 0 Å². The first-order chi connectivity index (χ1) is 8.66. The second-order valence-electron chi connectivity index (χ2n) is 6.12. The summed E-state index contributed by atoms with van der Waals surface area (Å²) in [6.07, 6.45) is 5.73. The summed E-state index contributed by atoms with van der Waals surface area (Å²) in [5.74, 6) is 0.957. The van der Waals surface area contributed by atoms with Gasteiger partial charge in [0.2, 0.25) is 5.91 Å². The monoisotopic (exact) mass is 253 g/mol. The van der Waals surface area contributed by atoms with Crippen LogP contribution in [0.15, 0.2) is 0 Å². The van der Waals surface area contributed by atoms with Crippen LogP contribution < -0.4 is 10.6 Å². The third-order valence-electron chi connectivity index (χ3n) is 4.70. The van der Waals surface area contributed by atoms with E-state index in [1.54, 1.807) is 0 Å². The molecule has 1 saturated carbocycles. The molecular formula is C14H27N3O. The largest absolute Gasteiger partial charge is 0.355 e. The Bertz CT molecular complexity index is 281. The molecule has 18 heavy (non-hydrogen) atoms. The van der Waals surface area contributed by atoms with Gasteiger partial charge in [-0.1, -0.05) is 6.42 Å². The van der Waals surface area contributed by atoms with E-state index < -0.39 is 0 Å². The Balaban J connectivity index is 1.74. The van der Waals surface area contributed by atoms with Gasteiger partial charge in [-0.15, -0.1) is 0 Å². The van der Waals surface area contributed by atoms with Crippen molar-refractivity contribution in [3.63, 3.8) is 0 Å². The summed E-state index contributed by atoms with van der Waals surface area (Å²) in [6.45, 7) is 4.04. The summed E-state index contributed by atoms with van der Waals surface area (Å²) in [5.41, 5.74) is -0.0970. The zero-order valence-corrected chi connectivity index (χ0v) is 11.8. The summed E-state index contributed by atoms with van der Waals surface area (Å²) in [5, 5.41) is 6.36. The minimum absolute atomic E-state index is 0.0970. The van der Waals surface area contributed by atoms with Gasteiger partial charge in [-0.2, -0.15) is 0 Å². The lowest BCUT2D eigenvalue weighted by atomic mass is 9.68. The zero-order valence-electron chi connectivity index (χ0n) is 11.8. The minimum Gasteiger partial charge on any atom is -0.355 e. The van der Waals surface area contributed by atoms with Crippen LogP contribution in [0.3, 0.4) is 0 Å². The summed E-state index contributed by atoms with van der Waals surface area (Å²) in [4.78, 5) is 14.7. The molecule has 2 aliphatic rings. The maximum absolute atomic E-state index is 12.3. The number of hydrogen-bond acceptors (Lipinski definition) is 3. The first-order valence-corrected chi connectivity index (χ1v) is 7.28. The molecular weight excluding hydrogens is 226 g/mol. The topological polar surface area (TPSA) is 44.4 Å². The van der Waals surface area contributed by atoms with Crippen molar-refractivity contribution in [3.05, 3.63) is 0 Å². The maximum Gasteiger partial charge on any atom is 0.227 e. The van der Waals surface area contributed by atoms with Crippen LogP contribution in [0.2, 0.25) is 0 Å². The molecule has 1 aliphatic carbocycles. The van der Waals surface area contributed by atoms with Gasteiger partial charge in [0.15, 0.2) is 0 Å². The van der Waals surface area contributed by atoms with E-state index >= 15 is 0 Å². The lowest BCUT2D eigenvalue weighted by molar-refractivity contribution is -0.135. The Morgan fingerprint density at radius 1 is 1.33 bits per heavy atom. The molecule has 2 fully saturated rings. The Morgan fingerprint density at radius 2 is 2.00 bits per heavy atom. The van der Waals surface area contributed by atoms with Crippen LogP contribution in [0.5, 0.6) is 0 Å². The predicted molar refractivity (Wildman–Crippen MR) is 73.4 cm³/mol. The van der Waals surface area contributed by atoms with Gasteiger partial charge in [0.25, 0.3) is 0 Å². The van der Waals surface area contributed by atoms with Crippen molar-refractivity contribution in [1.82, 2.24) is 15.5 Å². The highest BCUT2D eigenvalue weighted by Crippen LogP contribution is 2.40. The fourth-order valence-corrected chi connectivity index (χ4v) is 3.12.